The lowest BCUT2D eigenvalue weighted by atomic mass is 9.83. The summed E-state index contributed by atoms with van der Waals surface area (Å²) in [5.41, 5.74) is 1.62. The van der Waals surface area contributed by atoms with Crippen LogP contribution in [-0.4, -0.2) is 44.7 Å². The highest BCUT2D eigenvalue weighted by atomic mass is 16.5. The number of methoxy groups -OCH3 is 1. The van der Waals surface area contributed by atoms with E-state index < -0.39 is 0 Å². The Balaban J connectivity index is 2.09. The molecule has 1 N–H and O–H groups in total. The van der Waals surface area contributed by atoms with Gasteiger partial charge in [-0.05, 0) is 57.6 Å². The van der Waals surface area contributed by atoms with E-state index in [1.807, 2.05) is 0 Å². The molecule has 1 aromatic carbocycles. The van der Waals surface area contributed by atoms with Crippen molar-refractivity contribution in [1.29, 1.82) is 0 Å². The van der Waals surface area contributed by atoms with Crippen LogP contribution in [0.15, 0.2) is 24.3 Å². The molecule has 1 aliphatic rings. The van der Waals surface area contributed by atoms with Gasteiger partial charge in [0.15, 0.2) is 0 Å². The maximum Gasteiger partial charge on any atom is 0.118 e. The lowest BCUT2D eigenvalue weighted by Gasteiger charge is -2.40. The second kappa shape index (κ2) is 6.40. The molecule has 3 nitrogen and oxygen atoms in total. The third-order valence-electron chi connectivity index (χ3n) is 3.90. The number of nitrogens with zero attached hydrogens (tertiary/aromatic N) is 1. The Hall–Kier alpha value is -1.06. The number of nitrogens with one attached hydrogen (secondary N) is 1. The molecule has 3 heteroatoms. The van der Waals surface area contributed by atoms with Gasteiger partial charge in [-0.1, -0.05) is 18.6 Å². The predicted molar refractivity (Wildman–Crippen MR) is 79.8 cm³/mol. The van der Waals surface area contributed by atoms with Crippen molar-refractivity contribution < 1.29 is 4.74 Å². The molecule has 0 aromatic heterocycles. The van der Waals surface area contributed by atoms with Crippen molar-refractivity contribution in [2.75, 3.05) is 34.3 Å². The molecule has 106 valence electrons. The standard InChI is InChI=1S/C16H26N2O/c1-18(2)13-16(10-4-5-11-17-16)12-14-6-8-15(19-3)9-7-14/h6-9,17H,4-5,10-13H2,1-3H3. The Labute approximate surface area is 116 Å². The molecule has 0 radical (unpaired) electrons. The predicted octanol–water partition coefficient (Wildman–Crippen LogP) is 2.31. The van der Waals surface area contributed by atoms with Gasteiger partial charge in [0.05, 0.1) is 7.11 Å². The van der Waals surface area contributed by atoms with Crippen molar-refractivity contribution in [1.82, 2.24) is 10.2 Å². The summed E-state index contributed by atoms with van der Waals surface area (Å²) in [6.07, 6.45) is 4.99. The number of hydrogen-bond donors (Lipinski definition) is 1. The van der Waals surface area contributed by atoms with Gasteiger partial charge in [0.1, 0.15) is 5.75 Å². The highest BCUT2D eigenvalue weighted by Crippen LogP contribution is 2.25. The van der Waals surface area contributed by atoms with E-state index in [-0.39, 0.29) is 5.54 Å². The quantitative estimate of drug-likeness (QED) is 0.881. The minimum Gasteiger partial charge on any atom is -0.497 e. The maximum absolute atomic E-state index is 5.23. The summed E-state index contributed by atoms with van der Waals surface area (Å²) in [5, 5.41) is 3.77. The molecule has 0 amide bonds. The Morgan fingerprint density at radius 2 is 1.95 bits per heavy atom. The SMILES string of the molecule is COc1ccc(CC2(CN(C)C)CCCCN2)cc1. The lowest BCUT2D eigenvalue weighted by Crippen LogP contribution is -2.56. The molecule has 1 unspecified atom stereocenters. The molecule has 0 saturated carbocycles. The molecule has 1 aromatic rings. The van der Waals surface area contributed by atoms with Gasteiger partial charge in [0.2, 0.25) is 0 Å². The molecule has 1 heterocycles. The van der Waals surface area contributed by atoms with Gasteiger partial charge in [-0.15, -0.1) is 0 Å². The van der Waals surface area contributed by atoms with Crippen LogP contribution < -0.4 is 10.1 Å². The molecule has 1 saturated heterocycles. The molecular weight excluding hydrogens is 236 g/mol. The van der Waals surface area contributed by atoms with E-state index in [0.29, 0.717) is 0 Å². The van der Waals surface area contributed by atoms with Gasteiger partial charge in [0.25, 0.3) is 0 Å². The molecule has 2 rings (SSSR count). The zero-order valence-electron chi connectivity index (χ0n) is 12.4. The van der Waals surface area contributed by atoms with Crippen molar-refractivity contribution in [3.63, 3.8) is 0 Å². The van der Waals surface area contributed by atoms with E-state index in [2.05, 4.69) is 48.6 Å². The first-order valence-electron chi connectivity index (χ1n) is 7.16. The van der Waals surface area contributed by atoms with Crippen LogP contribution in [0, 0.1) is 0 Å². The van der Waals surface area contributed by atoms with Crippen LogP contribution in [0.4, 0.5) is 0 Å². The number of piperidine rings is 1. The molecule has 19 heavy (non-hydrogen) atoms. The van der Waals surface area contributed by atoms with E-state index in [0.717, 1.165) is 25.3 Å². The lowest BCUT2D eigenvalue weighted by molar-refractivity contribution is 0.188. The number of rotatable bonds is 5. The first-order valence-corrected chi connectivity index (χ1v) is 7.16. The summed E-state index contributed by atoms with van der Waals surface area (Å²) in [4.78, 5) is 2.29. The zero-order valence-corrected chi connectivity index (χ0v) is 12.4. The molecule has 1 fully saturated rings. The monoisotopic (exact) mass is 262 g/mol. The Kier molecular flexibility index (Phi) is 4.83. The average molecular weight is 262 g/mol. The van der Waals surface area contributed by atoms with Gasteiger partial charge >= 0.3 is 0 Å². The fraction of sp³-hybridized carbons (Fsp3) is 0.625. The molecule has 0 aliphatic carbocycles. The smallest absolute Gasteiger partial charge is 0.118 e. The second-order valence-corrected chi connectivity index (χ2v) is 5.93. The van der Waals surface area contributed by atoms with Crippen LogP contribution in [0.3, 0.4) is 0 Å². The van der Waals surface area contributed by atoms with E-state index in [1.165, 1.54) is 24.8 Å². The summed E-state index contributed by atoms with van der Waals surface area (Å²) in [5.74, 6) is 0.932. The number of hydrogen-bond acceptors (Lipinski definition) is 3. The van der Waals surface area contributed by atoms with Crippen LogP contribution in [0.5, 0.6) is 5.75 Å². The van der Waals surface area contributed by atoms with E-state index in [9.17, 15) is 0 Å². The fourth-order valence-corrected chi connectivity index (χ4v) is 3.11. The van der Waals surface area contributed by atoms with Gasteiger partial charge in [-0.25, -0.2) is 0 Å². The largest absolute Gasteiger partial charge is 0.497 e. The second-order valence-electron chi connectivity index (χ2n) is 5.93. The van der Waals surface area contributed by atoms with Crippen LogP contribution >= 0.6 is 0 Å². The Bertz CT molecular complexity index is 380. The van der Waals surface area contributed by atoms with Gasteiger partial charge in [0, 0.05) is 12.1 Å². The summed E-state index contributed by atoms with van der Waals surface area (Å²) in [6, 6.07) is 8.49. The number of benzene rings is 1. The van der Waals surface area contributed by atoms with Crippen molar-refractivity contribution in [3.05, 3.63) is 29.8 Å². The molecular formula is C16H26N2O. The topological polar surface area (TPSA) is 24.5 Å². The normalized spacial score (nSPS) is 23.6. The first kappa shape index (κ1) is 14.4. The summed E-state index contributed by atoms with van der Waals surface area (Å²) in [6.45, 7) is 2.24. The van der Waals surface area contributed by atoms with Crippen molar-refractivity contribution in [2.24, 2.45) is 0 Å². The van der Waals surface area contributed by atoms with Gasteiger partial charge in [-0.2, -0.15) is 0 Å². The molecule has 0 spiro atoms. The van der Waals surface area contributed by atoms with E-state index in [4.69, 9.17) is 4.74 Å². The van der Waals surface area contributed by atoms with Gasteiger partial charge in [-0.3, -0.25) is 0 Å². The molecule has 0 bridgehead atoms. The van der Waals surface area contributed by atoms with Crippen LogP contribution in [0.2, 0.25) is 0 Å². The van der Waals surface area contributed by atoms with Crippen LogP contribution in [-0.2, 0) is 6.42 Å². The van der Waals surface area contributed by atoms with Crippen molar-refractivity contribution in [3.8, 4) is 5.75 Å². The number of likely N-dealkylation sites (N-methyl/N-ethyl adjacent to an activating group) is 1. The van der Waals surface area contributed by atoms with Gasteiger partial charge < -0.3 is 15.0 Å². The maximum atomic E-state index is 5.23. The Morgan fingerprint density at radius 1 is 1.21 bits per heavy atom. The fourth-order valence-electron chi connectivity index (χ4n) is 3.11. The van der Waals surface area contributed by atoms with E-state index in [1.54, 1.807) is 7.11 Å². The van der Waals surface area contributed by atoms with Crippen LogP contribution in [0.25, 0.3) is 0 Å². The van der Waals surface area contributed by atoms with E-state index >= 15 is 0 Å². The van der Waals surface area contributed by atoms with Crippen molar-refractivity contribution >= 4 is 0 Å². The third kappa shape index (κ3) is 3.95. The Morgan fingerprint density at radius 3 is 2.47 bits per heavy atom. The third-order valence-corrected chi connectivity index (χ3v) is 3.90. The minimum absolute atomic E-state index is 0.232. The summed E-state index contributed by atoms with van der Waals surface area (Å²) >= 11 is 0. The molecule has 1 aliphatic heterocycles. The zero-order chi connectivity index (χ0) is 13.7. The summed E-state index contributed by atoms with van der Waals surface area (Å²) in [7, 11) is 6.03. The minimum atomic E-state index is 0.232. The highest BCUT2D eigenvalue weighted by molar-refractivity contribution is 5.28. The average Bonchev–Trinajstić information content (AvgIpc) is 2.39. The highest BCUT2D eigenvalue weighted by Gasteiger charge is 2.32. The number of ether oxygens (including phenoxy) is 1. The van der Waals surface area contributed by atoms with Crippen LogP contribution in [0.1, 0.15) is 24.8 Å². The van der Waals surface area contributed by atoms with Crippen molar-refractivity contribution in [2.45, 2.75) is 31.2 Å². The molecule has 1 atom stereocenters. The summed E-state index contributed by atoms with van der Waals surface area (Å²) < 4.78 is 5.23. The first-order chi connectivity index (χ1) is 9.13.